The molecule has 2 N–H and O–H groups in total. The summed E-state index contributed by atoms with van der Waals surface area (Å²) in [7, 11) is -3.01. The fourth-order valence-electron chi connectivity index (χ4n) is 1.56. The molecule has 0 radical (unpaired) electrons. The smallest absolute Gasteiger partial charge is 0.151 e. The molecule has 0 saturated heterocycles. The molecule has 1 atom stereocenters. The predicted octanol–water partition coefficient (Wildman–Crippen LogP) is 1.62. The zero-order valence-corrected chi connectivity index (χ0v) is 11.3. The number of phenols is 1. The maximum absolute atomic E-state index is 13.0. The molecule has 0 aliphatic rings. The molecule has 1 aromatic carbocycles. The first-order valence-corrected chi connectivity index (χ1v) is 7.60. The Bertz CT molecular complexity index is 502. The number of benzene rings is 1. The van der Waals surface area contributed by atoms with Gasteiger partial charge in [0.2, 0.25) is 0 Å². The van der Waals surface area contributed by atoms with Crippen LogP contribution in [0.3, 0.4) is 0 Å². The highest BCUT2D eigenvalue weighted by Crippen LogP contribution is 2.24. The Morgan fingerprint density at radius 2 is 2.11 bits per heavy atom. The third-order valence-electron chi connectivity index (χ3n) is 2.76. The third kappa shape index (κ3) is 4.27. The van der Waals surface area contributed by atoms with E-state index < -0.39 is 15.7 Å². The lowest BCUT2D eigenvalue weighted by molar-refractivity contribution is 0.451. The Kier molecular flexibility index (Phi) is 5.10. The quantitative estimate of drug-likeness (QED) is 0.828. The van der Waals surface area contributed by atoms with Crippen LogP contribution in [0.25, 0.3) is 0 Å². The monoisotopic (exact) mass is 275 g/mol. The number of aromatic hydroxyl groups is 1. The minimum atomic E-state index is -3.01. The van der Waals surface area contributed by atoms with Gasteiger partial charge in [-0.15, -0.1) is 0 Å². The van der Waals surface area contributed by atoms with Crippen LogP contribution in [0.4, 0.5) is 4.39 Å². The van der Waals surface area contributed by atoms with Crippen molar-refractivity contribution in [1.82, 2.24) is 5.32 Å². The highest BCUT2D eigenvalue weighted by molar-refractivity contribution is 7.91. The van der Waals surface area contributed by atoms with Gasteiger partial charge in [0, 0.05) is 23.9 Å². The molecule has 6 heteroatoms. The molecular weight excluding hydrogens is 257 g/mol. The van der Waals surface area contributed by atoms with Gasteiger partial charge in [-0.2, -0.15) is 0 Å². The first kappa shape index (κ1) is 14.9. The molecule has 18 heavy (non-hydrogen) atoms. The summed E-state index contributed by atoms with van der Waals surface area (Å²) >= 11 is 0. The number of nitrogens with one attached hydrogen (secondary N) is 1. The Balaban J connectivity index is 2.61. The van der Waals surface area contributed by atoms with Crippen molar-refractivity contribution in [3.05, 3.63) is 29.6 Å². The average Bonchev–Trinajstić information content (AvgIpc) is 2.32. The van der Waals surface area contributed by atoms with Gasteiger partial charge in [0.15, 0.2) is 9.84 Å². The number of hydrogen-bond acceptors (Lipinski definition) is 4. The number of halogens is 1. The van der Waals surface area contributed by atoms with Crippen molar-refractivity contribution in [2.45, 2.75) is 19.9 Å². The highest BCUT2D eigenvalue weighted by Gasteiger charge is 2.13. The van der Waals surface area contributed by atoms with Gasteiger partial charge in [0.05, 0.1) is 5.75 Å². The molecule has 0 amide bonds. The second-order valence-corrected chi connectivity index (χ2v) is 6.59. The van der Waals surface area contributed by atoms with Crippen molar-refractivity contribution >= 4 is 9.84 Å². The summed E-state index contributed by atoms with van der Waals surface area (Å²) in [6.07, 6.45) is 0. The van der Waals surface area contributed by atoms with Crippen LogP contribution in [-0.2, 0) is 9.84 Å². The Labute approximate surface area is 107 Å². The van der Waals surface area contributed by atoms with Crippen LogP contribution in [-0.4, -0.2) is 31.6 Å². The van der Waals surface area contributed by atoms with Crippen molar-refractivity contribution in [2.75, 3.05) is 18.1 Å². The van der Waals surface area contributed by atoms with Gasteiger partial charge in [0.1, 0.15) is 11.6 Å². The molecule has 4 nitrogen and oxygen atoms in total. The van der Waals surface area contributed by atoms with Gasteiger partial charge in [-0.25, -0.2) is 12.8 Å². The number of phenolic OH excluding ortho intramolecular Hbond substituents is 1. The maximum atomic E-state index is 13.0. The first-order chi connectivity index (χ1) is 8.35. The second kappa shape index (κ2) is 6.15. The Morgan fingerprint density at radius 1 is 1.44 bits per heavy atom. The lowest BCUT2D eigenvalue weighted by Crippen LogP contribution is -2.26. The van der Waals surface area contributed by atoms with E-state index in [1.807, 2.05) is 0 Å². The lowest BCUT2D eigenvalue weighted by atomic mass is 10.1. The van der Waals surface area contributed by atoms with Gasteiger partial charge in [0.25, 0.3) is 0 Å². The van der Waals surface area contributed by atoms with E-state index in [0.29, 0.717) is 5.56 Å². The predicted molar refractivity (Wildman–Crippen MR) is 68.8 cm³/mol. The zero-order chi connectivity index (χ0) is 13.8. The summed E-state index contributed by atoms with van der Waals surface area (Å²) in [5, 5.41) is 12.5. The van der Waals surface area contributed by atoms with Crippen LogP contribution < -0.4 is 5.32 Å². The van der Waals surface area contributed by atoms with Gasteiger partial charge in [-0.1, -0.05) is 6.92 Å². The first-order valence-electron chi connectivity index (χ1n) is 5.78. The van der Waals surface area contributed by atoms with Crippen LogP contribution in [0.2, 0.25) is 0 Å². The third-order valence-corrected chi connectivity index (χ3v) is 4.47. The van der Waals surface area contributed by atoms with Crippen LogP contribution in [0, 0.1) is 5.82 Å². The molecule has 0 aliphatic heterocycles. The summed E-state index contributed by atoms with van der Waals surface area (Å²) in [4.78, 5) is 0. The summed E-state index contributed by atoms with van der Waals surface area (Å²) < 4.78 is 35.6. The van der Waals surface area contributed by atoms with Crippen molar-refractivity contribution in [3.8, 4) is 5.75 Å². The molecule has 0 saturated carbocycles. The van der Waals surface area contributed by atoms with Crippen LogP contribution in [0.15, 0.2) is 18.2 Å². The SMILES string of the molecule is CCS(=O)(=O)CCNC(C)c1cc(F)ccc1O. The summed E-state index contributed by atoms with van der Waals surface area (Å²) in [5.74, 6) is -0.301. The van der Waals surface area contributed by atoms with Crippen LogP contribution in [0.5, 0.6) is 5.75 Å². The molecule has 0 heterocycles. The zero-order valence-electron chi connectivity index (χ0n) is 10.5. The number of rotatable bonds is 6. The van der Waals surface area contributed by atoms with Gasteiger partial charge < -0.3 is 10.4 Å². The van der Waals surface area contributed by atoms with Crippen LogP contribution >= 0.6 is 0 Å². The van der Waals surface area contributed by atoms with Gasteiger partial charge in [-0.05, 0) is 25.1 Å². The lowest BCUT2D eigenvalue weighted by Gasteiger charge is -2.15. The molecule has 1 unspecified atom stereocenters. The van der Waals surface area contributed by atoms with Crippen molar-refractivity contribution in [1.29, 1.82) is 0 Å². The topological polar surface area (TPSA) is 66.4 Å². The van der Waals surface area contributed by atoms with E-state index in [-0.39, 0.29) is 29.8 Å². The molecule has 0 fully saturated rings. The van der Waals surface area contributed by atoms with E-state index >= 15 is 0 Å². The number of hydrogen-bond donors (Lipinski definition) is 2. The van der Waals surface area contributed by atoms with Crippen molar-refractivity contribution in [2.24, 2.45) is 0 Å². The van der Waals surface area contributed by atoms with E-state index in [2.05, 4.69) is 5.32 Å². The highest BCUT2D eigenvalue weighted by atomic mass is 32.2. The maximum Gasteiger partial charge on any atom is 0.151 e. The minimum Gasteiger partial charge on any atom is -0.508 e. The van der Waals surface area contributed by atoms with E-state index in [4.69, 9.17) is 0 Å². The van der Waals surface area contributed by atoms with E-state index in [0.717, 1.165) is 0 Å². The minimum absolute atomic E-state index is 0.00486. The molecule has 102 valence electrons. The molecule has 1 rings (SSSR count). The molecule has 0 aromatic heterocycles. The Morgan fingerprint density at radius 3 is 2.72 bits per heavy atom. The molecular formula is C12H18FNO3S. The Hall–Kier alpha value is -1.14. The molecule has 1 aromatic rings. The summed E-state index contributed by atoms with van der Waals surface area (Å²) in [6.45, 7) is 3.61. The standard InChI is InChI=1S/C12H18FNO3S/c1-3-18(16,17)7-6-14-9(2)11-8-10(13)4-5-12(11)15/h4-5,8-9,14-15H,3,6-7H2,1-2H3. The largest absolute Gasteiger partial charge is 0.508 e. The van der Waals surface area contributed by atoms with E-state index in [9.17, 15) is 17.9 Å². The van der Waals surface area contributed by atoms with Crippen LogP contribution in [0.1, 0.15) is 25.5 Å². The average molecular weight is 275 g/mol. The fraction of sp³-hybridized carbons (Fsp3) is 0.500. The molecule has 0 spiro atoms. The van der Waals surface area contributed by atoms with E-state index in [1.54, 1.807) is 13.8 Å². The van der Waals surface area contributed by atoms with E-state index in [1.165, 1.54) is 18.2 Å². The van der Waals surface area contributed by atoms with Crippen molar-refractivity contribution < 1.29 is 17.9 Å². The normalized spacial score (nSPS) is 13.5. The van der Waals surface area contributed by atoms with Crippen molar-refractivity contribution in [3.63, 3.8) is 0 Å². The van der Waals surface area contributed by atoms with Gasteiger partial charge >= 0.3 is 0 Å². The fourth-order valence-corrected chi connectivity index (χ4v) is 2.27. The second-order valence-electron chi connectivity index (χ2n) is 4.12. The number of sulfone groups is 1. The molecule has 0 aliphatic carbocycles. The summed E-state index contributed by atoms with van der Waals surface area (Å²) in [5.41, 5.74) is 0.420. The van der Waals surface area contributed by atoms with Gasteiger partial charge in [-0.3, -0.25) is 0 Å². The molecule has 0 bridgehead atoms. The summed E-state index contributed by atoms with van der Waals surface area (Å²) in [6, 6.07) is 3.38.